The molecule has 0 fully saturated rings. The van der Waals surface area contributed by atoms with Gasteiger partial charge in [-0.2, -0.15) is 0 Å². The number of methoxy groups -OCH3 is 1. The molecule has 0 aromatic heterocycles. The van der Waals surface area contributed by atoms with Crippen LogP contribution in [0.2, 0.25) is 10.0 Å². The minimum absolute atomic E-state index is 0.124. The highest BCUT2D eigenvalue weighted by Gasteiger charge is 2.43. The van der Waals surface area contributed by atoms with Crippen molar-refractivity contribution in [2.24, 2.45) is 0 Å². The molecule has 1 atom stereocenters. The van der Waals surface area contributed by atoms with E-state index in [-0.39, 0.29) is 19.0 Å². The van der Waals surface area contributed by atoms with Crippen LogP contribution in [0.15, 0.2) is 77.5 Å². The number of dihydropyridines is 1. The molecule has 38 heavy (non-hydrogen) atoms. The molecular weight excluding hydrogens is 525 g/mol. The van der Waals surface area contributed by atoms with E-state index in [1.807, 2.05) is 37.3 Å². The number of carbonyl (C=O) groups excluding carboxylic acids is 2. The van der Waals surface area contributed by atoms with Gasteiger partial charge in [0.2, 0.25) is 0 Å². The van der Waals surface area contributed by atoms with Gasteiger partial charge in [0, 0.05) is 28.3 Å². The number of fused-ring (bicyclic) bond motifs is 2. The molecule has 8 heteroatoms. The van der Waals surface area contributed by atoms with Crippen molar-refractivity contribution in [3.8, 4) is 11.5 Å². The zero-order valence-corrected chi connectivity index (χ0v) is 22.6. The first kappa shape index (κ1) is 25.9. The molecule has 3 aromatic carbocycles. The molecule has 5 rings (SSSR count). The van der Waals surface area contributed by atoms with Crippen molar-refractivity contribution < 1.29 is 23.8 Å². The number of Topliss-reactive ketones (excluding diaryl/α,β-unsaturated/α-hetero) is 1. The van der Waals surface area contributed by atoms with Crippen molar-refractivity contribution in [2.75, 3.05) is 13.7 Å². The van der Waals surface area contributed by atoms with Gasteiger partial charge in [-0.15, -0.1) is 0 Å². The maximum Gasteiger partial charge on any atom is 0.336 e. The van der Waals surface area contributed by atoms with Gasteiger partial charge in [0.15, 0.2) is 17.3 Å². The summed E-state index contributed by atoms with van der Waals surface area (Å²) in [4.78, 5) is 26.8. The van der Waals surface area contributed by atoms with Crippen LogP contribution >= 0.6 is 23.2 Å². The van der Waals surface area contributed by atoms with Crippen LogP contribution < -0.4 is 14.8 Å². The molecule has 1 heterocycles. The van der Waals surface area contributed by atoms with Crippen molar-refractivity contribution in [1.82, 2.24) is 5.32 Å². The largest absolute Gasteiger partial charge is 0.493 e. The van der Waals surface area contributed by atoms with Gasteiger partial charge in [-0.1, -0.05) is 59.6 Å². The number of esters is 1. The van der Waals surface area contributed by atoms with E-state index in [4.69, 9.17) is 37.4 Å². The molecule has 0 spiro atoms. The molecule has 1 aliphatic carbocycles. The second-order valence-electron chi connectivity index (χ2n) is 8.93. The van der Waals surface area contributed by atoms with Gasteiger partial charge < -0.3 is 19.5 Å². The lowest BCUT2D eigenvalue weighted by Gasteiger charge is -2.29. The molecule has 0 saturated carbocycles. The second-order valence-corrected chi connectivity index (χ2v) is 9.74. The number of benzene rings is 3. The number of hydrogen-bond donors (Lipinski definition) is 1. The number of rotatable bonds is 7. The molecule has 1 N–H and O–H groups in total. The zero-order valence-electron chi connectivity index (χ0n) is 21.1. The number of allylic oxidation sites excluding steroid dienone is 2. The minimum Gasteiger partial charge on any atom is -0.493 e. The van der Waals surface area contributed by atoms with Crippen LogP contribution in [0.5, 0.6) is 11.5 Å². The molecule has 3 aromatic rings. The highest BCUT2D eigenvalue weighted by molar-refractivity contribution is 6.42. The van der Waals surface area contributed by atoms with E-state index in [0.717, 1.165) is 11.1 Å². The first-order valence-electron chi connectivity index (χ1n) is 12.1. The van der Waals surface area contributed by atoms with Gasteiger partial charge >= 0.3 is 5.97 Å². The van der Waals surface area contributed by atoms with E-state index in [0.29, 0.717) is 55.2 Å². The lowest BCUT2D eigenvalue weighted by Crippen LogP contribution is -2.29. The van der Waals surface area contributed by atoms with Crippen molar-refractivity contribution in [3.63, 3.8) is 0 Å². The molecule has 1 aliphatic heterocycles. The number of halogens is 2. The molecule has 0 saturated heterocycles. The van der Waals surface area contributed by atoms with Gasteiger partial charge in [0.1, 0.15) is 6.61 Å². The molecule has 6 nitrogen and oxygen atoms in total. The summed E-state index contributed by atoms with van der Waals surface area (Å²) in [5.41, 5.74) is 5.20. The number of ketones is 1. The Kier molecular flexibility index (Phi) is 7.19. The Balaban J connectivity index is 1.55. The van der Waals surface area contributed by atoms with E-state index in [2.05, 4.69) is 5.32 Å². The maximum absolute atomic E-state index is 13.6. The average molecular weight is 550 g/mol. The van der Waals surface area contributed by atoms with Crippen molar-refractivity contribution >= 4 is 40.7 Å². The normalized spacial score (nSPS) is 16.1. The summed E-state index contributed by atoms with van der Waals surface area (Å²) in [5, 5.41) is 4.22. The Labute approximate surface area is 230 Å². The quantitative estimate of drug-likeness (QED) is 0.330. The summed E-state index contributed by atoms with van der Waals surface area (Å²) in [6.07, 6.45) is 0. The van der Waals surface area contributed by atoms with Crippen LogP contribution in [-0.2, 0) is 16.1 Å². The third kappa shape index (κ3) is 4.55. The van der Waals surface area contributed by atoms with Crippen molar-refractivity contribution in [1.29, 1.82) is 0 Å². The van der Waals surface area contributed by atoms with E-state index < -0.39 is 11.9 Å². The van der Waals surface area contributed by atoms with E-state index in [9.17, 15) is 9.59 Å². The Morgan fingerprint density at radius 2 is 1.74 bits per heavy atom. The van der Waals surface area contributed by atoms with Crippen LogP contribution in [0.25, 0.3) is 5.70 Å². The topological polar surface area (TPSA) is 73.9 Å². The van der Waals surface area contributed by atoms with Crippen molar-refractivity contribution in [3.05, 3.63) is 110 Å². The second kappa shape index (κ2) is 10.6. The lowest BCUT2D eigenvalue weighted by atomic mass is 9.79. The Morgan fingerprint density at radius 3 is 2.45 bits per heavy atom. The fourth-order valence-corrected chi connectivity index (χ4v) is 5.24. The number of carbonyl (C=O) groups is 2. The summed E-state index contributed by atoms with van der Waals surface area (Å²) in [6, 6.07) is 18.1. The van der Waals surface area contributed by atoms with Gasteiger partial charge in [0.05, 0.1) is 35.0 Å². The molecule has 0 bridgehead atoms. The first-order valence-corrected chi connectivity index (χ1v) is 12.9. The smallest absolute Gasteiger partial charge is 0.336 e. The van der Waals surface area contributed by atoms with Crippen molar-refractivity contribution in [2.45, 2.75) is 26.4 Å². The van der Waals surface area contributed by atoms with E-state index >= 15 is 0 Å². The summed E-state index contributed by atoms with van der Waals surface area (Å²) < 4.78 is 17.1. The number of hydrogen-bond acceptors (Lipinski definition) is 6. The van der Waals surface area contributed by atoms with Crippen LogP contribution in [0.4, 0.5) is 0 Å². The van der Waals surface area contributed by atoms with Gasteiger partial charge in [-0.05, 0) is 49.2 Å². The van der Waals surface area contributed by atoms with E-state index in [1.165, 1.54) is 0 Å². The summed E-state index contributed by atoms with van der Waals surface area (Å²) in [6.45, 7) is 4.03. The van der Waals surface area contributed by atoms with E-state index in [1.54, 1.807) is 44.4 Å². The SMILES string of the molecule is CCOC(=O)C1=C(C)NC2=C(C(=O)c3ccccc32)[C@@H]1c1ccc(OCc2ccc(Cl)c(Cl)c2)c(OC)c1. The summed E-state index contributed by atoms with van der Waals surface area (Å²) in [7, 11) is 1.54. The monoisotopic (exact) mass is 549 g/mol. The first-order chi connectivity index (χ1) is 18.3. The predicted molar refractivity (Wildman–Crippen MR) is 147 cm³/mol. The standard InChI is InChI=1S/C30H25Cl2NO5/c1-4-37-30(35)25-16(2)33-28-19-7-5-6-8-20(19)29(34)27(28)26(25)18-10-12-23(24(14-18)36-3)38-15-17-9-11-21(31)22(32)13-17/h5-14,26,33H,4,15H2,1-3H3/t26-/m1/s1. The Morgan fingerprint density at radius 1 is 0.974 bits per heavy atom. The molecular formula is C30H25Cl2NO5. The van der Waals surface area contributed by atoms with Crippen LogP contribution in [-0.4, -0.2) is 25.5 Å². The minimum atomic E-state index is -0.650. The third-order valence-corrected chi connectivity index (χ3v) is 7.38. The van der Waals surface area contributed by atoms with Gasteiger partial charge in [0.25, 0.3) is 0 Å². The van der Waals surface area contributed by atoms with Crippen LogP contribution in [0, 0.1) is 0 Å². The Bertz CT molecular complexity index is 1520. The molecule has 0 amide bonds. The maximum atomic E-state index is 13.6. The molecule has 0 radical (unpaired) electrons. The molecule has 194 valence electrons. The Hall–Kier alpha value is -3.74. The third-order valence-electron chi connectivity index (χ3n) is 6.64. The predicted octanol–water partition coefficient (Wildman–Crippen LogP) is 6.71. The summed E-state index contributed by atoms with van der Waals surface area (Å²) >= 11 is 12.2. The fourth-order valence-electron chi connectivity index (χ4n) is 4.92. The van der Waals surface area contributed by atoms with Crippen LogP contribution in [0.1, 0.15) is 46.8 Å². The number of ether oxygens (including phenoxy) is 3. The van der Waals surface area contributed by atoms with Gasteiger partial charge in [-0.3, -0.25) is 4.79 Å². The number of nitrogens with one attached hydrogen (secondary N) is 1. The van der Waals surface area contributed by atoms with Crippen LogP contribution in [0.3, 0.4) is 0 Å². The zero-order chi connectivity index (χ0) is 27.0. The van der Waals surface area contributed by atoms with Gasteiger partial charge in [-0.25, -0.2) is 4.79 Å². The fraction of sp³-hybridized carbons (Fsp3) is 0.200. The highest BCUT2D eigenvalue weighted by atomic mass is 35.5. The molecule has 0 unspecified atom stereocenters. The lowest BCUT2D eigenvalue weighted by molar-refractivity contribution is -0.138. The molecule has 2 aliphatic rings. The highest BCUT2D eigenvalue weighted by Crippen LogP contribution is 2.48. The summed E-state index contributed by atoms with van der Waals surface area (Å²) in [5.74, 6) is -0.279. The average Bonchev–Trinajstić information content (AvgIpc) is 3.20.